The second-order valence-corrected chi connectivity index (χ2v) is 4.39. The molecule has 1 amide bonds. The quantitative estimate of drug-likeness (QED) is 0.812. The molecule has 0 radical (unpaired) electrons. The van der Waals surface area contributed by atoms with Gasteiger partial charge in [-0.05, 0) is 25.0 Å². The van der Waals surface area contributed by atoms with Gasteiger partial charge in [0, 0.05) is 19.2 Å². The summed E-state index contributed by atoms with van der Waals surface area (Å²) in [6.07, 6.45) is 2.19. The highest BCUT2D eigenvalue weighted by Gasteiger charge is 2.19. The van der Waals surface area contributed by atoms with E-state index in [2.05, 4.69) is 0 Å². The highest BCUT2D eigenvalue weighted by Crippen LogP contribution is 2.35. The average molecular weight is 249 g/mol. The molecule has 0 spiro atoms. The van der Waals surface area contributed by atoms with Crippen LogP contribution in [0, 0.1) is 0 Å². The van der Waals surface area contributed by atoms with Gasteiger partial charge in [-0.15, -0.1) is 0 Å². The number of nitrogens with zero attached hydrogens (tertiary/aromatic N) is 1. The molecule has 0 aromatic heterocycles. The third kappa shape index (κ3) is 2.20. The van der Waals surface area contributed by atoms with Crippen molar-refractivity contribution in [2.24, 2.45) is 0 Å². The predicted molar refractivity (Wildman–Crippen MR) is 63.9 cm³/mol. The van der Waals surface area contributed by atoms with Gasteiger partial charge in [0.1, 0.15) is 5.75 Å². The van der Waals surface area contributed by atoms with Crippen LogP contribution in [0.1, 0.15) is 12.8 Å². The lowest BCUT2D eigenvalue weighted by molar-refractivity contribution is -0.132. The van der Waals surface area contributed by atoms with Crippen molar-refractivity contribution in [3.8, 4) is 17.2 Å². The summed E-state index contributed by atoms with van der Waals surface area (Å²) in [5, 5.41) is 0. The van der Waals surface area contributed by atoms with E-state index in [1.807, 2.05) is 4.90 Å². The lowest BCUT2D eigenvalue weighted by atomic mass is 10.3. The molecule has 18 heavy (non-hydrogen) atoms. The van der Waals surface area contributed by atoms with Crippen LogP contribution in [-0.4, -0.2) is 37.3 Å². The van der Waals surface area contributed by atoms with Crippen molar-refractivity contribution in [3.05, 3.63) is 18.2 Å². The largest absolute Gasteiger partial charge is 0.484 e. The minimum absolute atomic E-state index is 0.0465. The Morgan fingerprint density at radius 3 is 2.83 bits per heavy atom. The SMILES string of the molecule is O=C(COc1ccc2c(c1)OCO2)N1CCCC1. The number of benzene rings is 1. The molecule has 0 unspecified atom stereocenters. The van der Waals surface area contributed by atoms with E-state index in [9.17, 15) is 4.79 Å². The molecule has 2 aliphatic heterocycles. The molecule has 1 fully saturated rings. The maximum atomic E-state index is 11.8. The van der Waals surface area contributed by atoms with Crippen molar-refractivity contribution in [1.82, 2.24) is 4.90 Å². The first kappa shape index (κ1) is 11.2. The van der Waals surface area contributed by atoms with Crippen molar-refractivity contribution in [1.29, 1.82) is 0 Å². The van der Waals surface area contributed by atoms with Gasteiger partial charge in [-0.1, -0.05) is 0 Å². The van der Waals surface area contributed by atoms with E-state index >= 15 is 0 Å². The Morgan fingerprint density at radius 2 is 2.00 bits per heavy atom. The van der Waals surface area contributed by atoms with Gasteiger partial charge in [0.05, 0.1) is 0 Å². The highest BCUT2D eigenvalue weighted by atomic mass is 16.7. The van der Waals surface area contributed by atoms with E-state index in [1.54, 1.807) is 18.2 Å². The Morgan fingerprint density at radius 1 is 1.22 bits per heavy atom. The van der Waals surface area contributed by atoms with Crippen LogP contribution in [0.15, 0.2) is 18.2 Å². The van der Waals surface area contributed by atoms with Gasteiger partial charge in [-0.25, -0.2) is 0 Å². The average Bonchev–Trinajstić information content (AvgIpc) is 3.05. The minimum Gasteiger partial charge on any atom is -0.484 e. The van der Waals surface area contributed by atoms with Crippen LogP contribution in [0.4, 0.5) is 0 Å². The summed E-state index contributed by atoms with van der Waals surface area (Å²) in [4.78, 5) is 13.6. The Balaban J connectivity index is 1.58. The number of amides is 1. The summed E-state index contributed by atoms with van der Waals surface area (Å²) in [6, 6.07) is 5.32. The summed E-state index contributed by atoms with van der Waals surface area (Å²) < 4.78 is 15.9. The van der Waals surface area contributed by atoms with Gasteiger partial charge in [0.25, 0.3) is 5.91 Å². The van der Waals surface area contributed by atoms with Gasteiger partial charge in [-0.3, -0.25) is 4.79 Å². The number of ether oxygens (including phenoxy) is 3. The second kappa shape index (κ2) is 4.76. The number of rotatable bonds is 3. The number of fused-ring (bicyclic) bond motifs is 1. The molecule has 2 aliphatic rings. The number of hydrogen-bond donors (Lipinski definition) is 0. The lowest BCUT2D eigenvalue weighted by Gasteiger charge is -2.15. The second-order valence-electron chi connectivity index (χ2n) is 4.39. The van der Waals surface area contributed by atoms with Gasteiger partial charge >= 0.3 is 0 Å². The Bertz CT molecular complexity index is 454. The molecule has 3 rings (SSSR count). The van der Waals surface area contributed by atoms with E-state index in [0.717, 1.165) is 25.9 Å². The third-order valence-electron chi connectivity index (χ3n) is 3.17. The fourth-order valence-corrected chi connectivity index (χ4v) is 2.17. The predicted octanol–water partition coefficient (Wildman–Crippen LogP) is 1.42. The molecular weight excluding hydrogens is 234 g/mol. The molecule has 1 aromatic rings. The highest BCUT2D eigenvalue weighted by molar-refractivity contribution is 5.78. The van der Waals surface area contributed by atoms with Gasteiger partial charge in [0.15, 0.2) is 18.1 Å². The monoisotopic (exact) mass is 249 g/mol. The number of carbonyl (C=O) groups is 1. The molecular formula is C13H15NO4. The summed E-state index contributed by atoms with van der Waals surface area (Å²) in [7, 11) is 0. The van der Waals surface area contributed by atoms with E-state index in [4.69, 9.17) is 14.2 Å². The molecule has 2 heterocycles. The molecule has 96 valence electrons. The topological polar surface area (TPSA) is 48.0 Å². The standard InChI is InChI=1S/C13H15NO4/c15-13(14-5-1-2-6-14)8-16-10-3-4-11-12(7-10)18-9-17-11/h3-4,7H,1-2,5-6,8-9H2. The molecule has 5 nitrogen and oxygen atoms in total. The van der Waals surface area contributed by atoms with E-state index in [-0.39, 0.29) is 19.3 Å². The smallest absolute Gasteiger partial charge is 0.260 e. The van der Waals surface area contributed by atoms with Crippen LogP contribution in [0.5, 0.6) is 17.2 Å². The minimum atomic E-state index is 0.0465. The summed E-state index contributed by atoms with van der Waals surface area (Å²) >= 11 is 0. The van der Waals surface area contributed by atoms with Crippen LogP contribution in [0.25, 0.3) is 0 Å². The van der Waals surface area contributed by atoms with Crippen LogP contribution < -0.4 is 14.2 Å². The van der Waals surface area contributed by atoms with Crippen LogP contribution >= 0.6 is 0 Å². The van der Waals surface area contributed by atoms with E-state index in [1.165, 1.54) is 0 Å². The zero-order valence-corrected chi connectivity index (χ0v) is 10.1. The molecule has 0 saturated carbocycles. The Kier molecular flexibility index (Phi) is 2.96. The summed E-state index contributed by atoms with van der Waals surface area (Å²) in [6.45, 7) is 2.03. The van der Waals surface area contributed by atoms with Crippen LogP contribution in [0.2, 0.25) is 0 Å². The Hall–Kier alpha value is -1.91. The van der Waals surface area contributed by atoms with Crippen molar-refractivity contribution < 1.29 is 19.0 Å². The van der Waals surface area contributed by atoms with Crippen LogP contribution in [-0.2, 0) is 4.79 Å². The first-order chi connectivity index (χ1) is 8.83. The van der Waals surface area contributed by atoms with Gasteiger partial charge in [0.2, 0.25) is 6.79 Å². The number of likely N-dealkylation sites (tertiary alicyclic amines) is 1. The molecule has 0 bridgehead atoms. The summed E-state index contributed by atoms with van der Waals surface area (Å²) in [5.74, 6) is 2.06. The maximum Gasteiger partial charge on any atom is 0.260 e. The number of carbonyl (C=O) groups excluding carboxylic acids is 1. The van der Waals surface area contributed by atoms with E-state index < -0.39 is 0 Å². The zero-order valence-electron chi connectivity index (χ0n) is 10.1. The Labute approximate surface area is 105 Å². The van der Waals surface area contributed by atoms with Gasteiger partial charge < -0.3 is 19.1 Å². The first-order valence-corrected chi connectivity index (χ1v) is 6.13. The molecule has 0 N–H and O–H groups in total. The molecule has 1 saturated heterocycles. The van der Waals surface area contributed by atoms with Crippen molar-refractivity contribution >= 4 is 5.91 Å². The molecule has 1 aromatic carbocycles. The van der Waals surface area contributed by atoms with Gasteiger partial charge in [-0.2, -0.15) is 0 Å². The molecule has 0 aliphatic carbocycles. The summed E-state index contributed by atoms with van der Waals surface area (Å²) in [5.41, 5.74) is 0. The first-order valence-electron chi connectivity index (χ1n) is 6.13. The zero-order chi connectivity index (χ0) is 12.4. The fraction of sp³-hybridized carbons (Fsp3) is 0.462. The van der Waals surface area contributed by atoms with Crippen LogP contribution in [0.3, 0.4) is 0 Å². The fourth-order valence-electron chi connectivity index (χ4n) is 2.17. The van der Waals surface area contributed by atoms with E-state index in [0.29, 0.717) is 17.2 Å². The number of hydrogen-bond acceptors (Lipinski definition) is 4. The molecule has 0 atom stereocenters. The van der Waals surface area contributed by atoms with Crippen molar-refractivity contribution in [2.45, 2.75) is 12.8 Å². The van der Waals surface area contributed by atoms with Crippen molar-refractivity contribution in [3.63, 3.8) is 0 Å². The third-order valence-corrected chi connectivity index (χ3v) is 3.17. The normalized spacial score (nSPS) is 17.0. The lowest BCUT2D eigenvalue weighted by Crippen LogP contribution is -2.32. The maximum absolute atomic E-state index is 11.8. The molecule has 5 heteroatoms. The van der Waals surface area contributed by atoms with Crippen molar-refractivity contribution in [2.75, 3.05) is 26.5 Å².